The molecule has 5 heteroatoms. The van der Waals surface area contributed by atoms with E-state index in [9.17, 15) is 4.79 Å². The number of carbonyl (C=O) groups excluding carboxylic acids is 1. The van der Waals surface area contributed by atoms with E-state index in [-0.39, 0.29) is 11.8 Å². The number of amides is 1. The third-order valence-electron chi connectivity index (χ3n) is 3.25. The lowest BCUT2D eigenvalue weighted by atomic mass is 10.1. The Bertz CT molecular complexity index is 488. The minimum absolute atomic E-state index is 0.0633. The van der Waals surface area contributed by atoms with Crippen LogP contribution in [0, 0.1) is 17.8 Å². The first-order valence-electron chi connectivity index (χ1n) is 6.05. The minimum Gasteiger partial charge on any atom is -0.273 e. The molecular formula is C12H16N4O. The van der Waals surface area contributed by atoms with E-state index in [1.54, 1.807) is 0 Å². The van der Waals surface area contributed by atoms with E-state index in [0.29, 0.717) is 11.8 Å². The zero-order valence-corrected chi connectivity index (χ0v) is 10.1. The van der Waals surface area contributed by atoms with E-state index >= 15 is 0 Å². The lowest BCUT2D eigenvalue weighted by molar-refractivity contribution is -0.122. The van der Waals surface area contributed by atoms with Crippen molar-refractivity contribution in [3.63, 3.8) is 0 Å². The van der Waals surface area contributed by atoms with Gasteiger partial charge in [-0.3, -0.25) is 9.48 Å². The predicted octanol–water partition coefficient (Wildman–Crippen LogP) is 1.01. The maximum atomic E-state index is 11.3. The topological polar surface area (TPSA) is 59.3 Å². The number of hydrogen-bond donors (Lipinski definition) is 1. The zero-order chi connectivity index (χ0) is 12.0. The SMILES string of the molecule is CC(C)Cn1cc(C2=NNC(=O)[C@H]3C[C@H]23)cn1. The van der Waals surface area contributed by atoms with Crippen molar-refractivity contribution in [2.45, 2.75) is 26.8 Å². The molecule has 0 aromatic carbocycles. The number of carbonyl (C=O) groups is 1. The van der Waals surface area contributed by atoms with E-state index in [0.717, 1.165) is 24.2 Å². The maximum absolute atomic E-state index is 11.3. The second kappa shape index (κ2) is 3.68. The van der Waals surface area contributed by atoms with Crippen LogP contribution in [0.4, 0.5) is 0 Å². The molecule has 0 saturated heterocycles. The number of nitrogens with zero attached hydrogens (tertiary/aromatic N) is 3. The number of hydrazone groups is 1. The average Bonchev–Trinajstić information content (AvgIpc) is 2.95. The molecule has 3 rings (SSSR count). The molecule has 1 amide bonds. The van der Waals surface area contributed by atoms with Gasteiger partial charge in [-0.15, -0.1) is 0 Å². The fourth-order valence-electron chi connectivity index (χ4n) is 2.32. The molecule has 5 nitrogen and oxygen atoms in total. The van der Waals surface area contributed by atoms with E-state index < -0.39 is 0 Å². The number of nitrogens with one attached hydrogen (secondary N) is 1. The van der Waals surface area contributed by atoms with Crippen molar-refractivity contribution < 1.29 is 4.79 Å². The van der Waals surface area contributed by atoms with Gasteiger partial charge in [0.1, 0.15) is 0 Å². The molecule has 1 fully saturated rings. The first-order chi connectivity index (χ1) is 8.15. The summed E-state index contributed by atoms with van der Waals surface area (Å²) < 4.78 is 1.94. The molecule has 17 heavy (non-hydrogen) atoms. The van der Waals surface area contributed by atoms with E-state index in [1.807, 2.05) is 17.1 Å². The van der Waals surface area contributed by atoms with Crippen LogP contribution in [0.5, 0.6) is 0 Å². The molecule has 0 spiro atoms. The van der Waals surface area contributed by atoms with Gasteiger partial charge in [0.2, 0.25) is 5.91 Å². The van der Waals surface area contributed by atoms with Crippen LogP contribution < -0.4 is 5.43 Å². The summed E-state index contributed by atoms with van der Waals surface area (Å²) in [7, 11) is 0. The zero-order valence-electron chi connectivity index (χ0n) is 10.1. The van der Waals surface area contributed by atoms with Crippen molar-refractivity contribution in [1.29, 1.82) is 0 Å². The van der Waals surface area contributed by atoms with Gasteiger partial charge in [0.15, 0.2) is 0 Å². The molecule has 1 aromatic heterocycles. The van der Waals surface area contributed by atoms with E-state index in [2.05, 4.69) is 29.5 Å². The molecule has 2 heterocycles. The summed E-state index contributed by atoms with van der Waals surface area (Å²) in [4.78, 5) is 11.3. The van der Waals surface area contributed by atoms with Gasteiger partial charge in [-0.25, -0.2) is 5.43 Å². The van der Waals surface area contributed by atoms with Crippen molar-refractivity contribution >= 4 is 11.6 Å². The molecule has 1 aliphatic heterocycles. The number of fused-ring (bicyclic) bond motifs is 1. The molecule has 0 radical (unpaired) electrons. The van der Waals surface area contributed by atoms with Gasteiger partial charge in [0, 0.05) is 30.1 Å². The standard InChI is InChI=1S/C12H16N4O/c1-7(2)5-16-6-8(4-13-16)11-9-3-10(9)12(17)15-14-11/h4,6-7,9-10H,3,5H2,1-2H3,(H,15,17)/t9-,10-/m0/s1. The van der Waals surface area contributed by atoms with Crippen molar-refractivity contribution in [3.8, 4) is 0 Å². The smallest absolute Gasteiger partial charge is 0.243 e. The fraction of sp³-hybridized carbons (Fsp3) is 0.583. The Balaban J connectivity index is 1.81. The van der Waals surface area contributed by atoms with Gasteiger partial charge < -0.3 is 0 Å². The first kappa shape index (κ1) is 10.5. The molecule has 1 saturated carbocycles. The van der Waals surface area contributed by atoms with Crippen LogP contribution >= 0.6 is 0 Å². The molecule has 0 unspecified atom stereocenters. The second-order valence-electron chi connectivity index (χ2n) is 5.27. The molecular weight excluding hydrogens is 216 g/mol. The Morgan fingerprint density at radius 1 is 1.53 bits per heavy atom. The minimum atomic E-state index is 0.0633. The average molecular weight is 232 g/mol. The second-order valence-corrected chi connectivity index (χ2v) is 5.27. The first-order valence-corrected chi connectivity index (χ1v) is 6.05. The predicted molar refractivity (Wildman–Crippen MR) is 63.3 cm³/mol. The Hall–Kier alpha value is -1.65. The summed E-state index contributed by atoms with van der Waals surface area (Å²) in [6.07, 6.45) is 4.79. The third kappa shape index (κ3) is 1.85. The summed E-state index contributed by atoms with van der Waals surface area (Å²) in [6.45, 7) is 5.24. The van der Waals surface area contributed by atoms with Crippen LogP contribution in [0.15, 0.2) is 17.5 Å². The molecule has 1 N–H and O–H groups in total. The highest BCUT2D eigenvalue weighted by atomic mass is 16.2. The highest BCUT2D eigenvalue weighted by molar-refractivity contribution is 6.09. The highest BCUT2D eigenvalue weighted by Gasteiger charge is 2.49. The summed E-state index contributed by atoms with van der Waals surface area (Å²) in [5, 5.41) is 8.49. The van der Waals surface area contributed by atoms with E-state index in [4.69, 9.17) is 0 Å². The Morgan fingerprint density at radius 2 is 2.35 bits per heavy atom. The highest BCUT2D eigenvalue weighted by Crippen LogP contribution is 2.43. The quantitative estimate of drug-likeness (QED) is 0.845. The lowest BCUT2D eigenvalue weighted by Gasteiger charge is -2.09. The normalized spacial score (nSPS) is 26.5. The summed E-state index contributed by atoms with van der Waals surface area (Å²) in [5.74, 6) is 1.11. The maximum Gasteiger partial charge on any atom is 0.243 e. The summed E-state index contributed by atoms with van der Waals surface area (Å²) >= 11 is 0. The lowest BCUT2D eigenvalue weighted by Crippen LogP contribution is -2.28. The van der Waals surface area contributed by atoms with Crippen molar-refractivity contribution in [3.05, 3.63) is 18.0 Å². The summed E-state index contributed by atoms with van der Waals surface area (Å²) in [5.41, 5.74) is 4.61. The number of hydrogen-bond acceptors (Lipinski definition) is 3. The monoisotopic (exact) mass is 232 g/mol. The van der Waals surface area contributed by atoms with Gasteiger partial charge in [0.05, 0.1) is 11.9 Å². The number of rotatable bonds is 3. The largest absolute Gasteiger partial charge is 0.273 e. The molecule has 2 atom stereocenters. The van der Waals surface area contributed by atoms with Crippen molar-refractivity contribution in [2.24, 2.45) is 22.9 Å². The van der Waals surface area contributed by atoms with Crippen LogP contribution in [0.25, 0.3) is 0 Å². The Morgan fingerprint density at radius 3 is 3.12 bits per heavy atom. The molecule has 0 bridgehead atoms. The number of aromatic nitrogens is 2. The fourth-order valence-corrected chi connectivity index (χ4v) is 2.32. The van der Waals surface area contributed by atoms with Crippen LogP contribution in [0.3, 0.4) is 0 Å². The van der Waals surface area contributed by atoms with E-state index in [1.165, 1.54) is 0 Å². The van der Waals surface area contributed by atoms with Crippen molar-refractivity contribution in [1.82, 2.24) is 15.2 Å². The third-order valence-corrected chi connectivity index (χ3v) is 3.25. The van der Waals surface area contributed by atoms with Crippen LogP contribution in [0.2, 0.25) is 0 Å². The van der Waals surface area contributed by atoms with Gasteiger partial charge in [-0.1, -0.05) is 13.8 Å². The Labute approximate surface area is 99.9 Å². The molecule has 1 aromatic rings. The van der Waals surface area contributed by atoms with Gasteiger partial charge in [-0.05, 0) is 12.3 Å². The van der Waals surface area contributed by atoms with Gasteiger partial charge >= 0.3 is 0 Å². The van der Waals surface area contributed by atoms with Crippen molar-refractivity contribution in [2.75, 3.05) is 0 Å². The van der Waals surface area contributed by atoms with Gasteiger partial charge in [0.25, 0.3) is 0 Å². The van der Waals surface area contributed by atoms with Crippen LogP contribution in [0.1, 0.15) is 25.8 Å². The Kier molecular flexibility index (Phi) is 2.28. The van der Waals surface area contributed by atoms with Gasteiger partial charge in [-0.2, -0.15) is 10.2 Å². The molecule has 90 valence electrons. The van der Waals surface area contributed by atoms with Crippen LogP contribution in [-0.2, 0) is 11.3 Å². The summed E-state index contributed by atoms with van der Waals surface area (Å²) in [6, 6.07) is 0. The van der Waals surface area contributed by atoms with Crippen LogP contribution in [-0.4, -0.2) is 21.4 Å². The molecule has 1 aliphatic carbocycles. The molecule has 2 aliphatic rings.